The largest absolute Gasteiger partial charge is 0.476 e. The van der Waals surface area contributed by atoms with E-state index in [1.54, 1.807) is 16.7 Å². The predicted molar refractivity (Wildman–Crippen MR) is 137 cm³/mol. The molecule has 5 atom stereocenters. The van der Waals surface area contributed by atoms with Gasteiger partial charge in [0.05, 0.1) is 23.3 Å². The Balaban J connectivity index is 1.32. The topological polar surface area (TPSA) is 143 Å². The molecule has 2 aromatic heterocycles. The van der Waals surface area contributed by atoms with Crippen molar-refractivity contribution in [3.05, 3.63) is 82.3 Å². The fourth-order valence-electron chi connectivity index (χ4n) is 5.22. The highest BCUT2D eigenvalue weighted by Gasteiger charge is 2.45. The van der Waals surface area contributed by atoms with Crippen LogP contribution in [0.25, 0.3) is 10.9 Å². The number of aliphatic hydroxyl groups excluding tert-OH is 3. The summed E-state index contributed by atoms with van der Waals surface area (Å²) in [6.45, 7) is -0.0815. The first-order valence-corrected chi connectivity index (χ1v) is 12.9. The van der Waals surface area contributed by atoms with Gasteiger partial charge in [0.2, 0.25) is 0 Å². The molecule has 3 heterocycles. The van der Waals surface area contributed by atoms with E-state index in [0.29, 0.717) is 22.9 Å². The number of fused-ring (bicyclic) bond motifs is 1. The summed E-state index contributed by atoms with van der Waals surface area (Å²) in [6.07, 6.45) is -0.286. The molecule has 0 amide bonds. The zero-order chi connectivity index (χ0) is 26.6. The minimum Gasteiger partial charge on any atom is -0.476 e. The molecule has 1 aliphatic heterocycles. The maximum Gasteiger partial charge on any atom is 0.358 e. The lowest BCUT2D eigenvalue weighted by Gasteiger charge is -2.41. The molecule has 0 bridgehead atoms. The molecule has 0 spiro atoms. The average Bonchev–Trinajstić information content (AvgIpc) is 3.53. The Labute approximate surface area is 222 Å². The van der Waals surface area contributed by atoms with Crippen LogP contribution in [0.3, 0.4) is 0 Å². The summed E-state index contributed by atoms with van der Waals surface area (Å²) in [5, 5.41) is 50.1. The van der Waals surface area contributed by atoms with Crippen molar-refractivity contribution in [1.29, 1.82) is 0 Å². The molecular weight excluding hydrogens is 512 g/mol. The summed E-state index contributed by atoms with van der Waals surface area (Å²) in [4.78, 5) is 11.2. The van der Waals surface area contributed by atoms with Crippen LogP contribution in [0, 0.1) is 0 Å². The zero-order valence-corrected chi connectivity index (χ0v) is 21.0. The van der Waals surface area contributed by atoms with Crippen LogP contribution >= 0.6 is 11.6 Å². The Kier molecular flexibility index (Phi) is 6.45. The molecule has 10 nitrogen and oxygen atoms in total. The first kappa shape index (κ1) is 25.0. The van der Waals surface area contributed by atoms with Gasteiger partial charge in [0.25, 0.3) is 0 Å². The Hall–Kier alpha value is -3.28. The highest BCUT2D eigenvalue weighted by Crippen LogP contribution is 2.40. The normalized spacial score (nSPS) is 25.6. The molecule has 2 aliphatic rings. The van der Waals surface area contributed by atoms with Gasteiger partial charge in [-0.25, -0.2) is 9.48 Å². The fraction of sp³-hybridized carbons (Fsp3) is 0.370. The van der Waals surface area contributed by atoms with E-state index in [4.69, 9.17) is 21.4 Å². The lowest BCUT2D eigenvalue weighted by Crippen LogP contribution is -2.56. The molecule has 0 radical (unpaired) electrons. The van der Waals surface area contributed by atoms with Crippen LogP contribution in [0.1, 0.15) is 52.2 Å². The number of ether oxygens (including phenoxy) is 1. The van der Waals surface area contributed by atoms with Crippen molar-refractivity contribution in [3.8, 4) is 0 Å². The third-order valence-corrected chi connectivity index (χ3v) is 7.71. The smallest absolute Gasteiger partial charge is 0.358 e. The zero-order valence-electron chi connectivity index (χ0n) is 20.3. The van der Waals surface area contributed by atoms with Crippen LogP contribution in [-0.4, -0.2) is 70.4 Å². The summed E-state index contributed by atoms with van der Waals surface area (Å²) in [5.41, 5.74) is 3.86. The molecule has 2 aromatic carbocycles. The van der Waals surface area contributed by atoms with E-state index < -0.39 is 36.6 Å². The van der Waals surface area contributed by atoms with E-state index in [-0.39, 0.29) is 12.2 Å². The minimum absolute atomic E-state index is 0.0815. The van der Waals surface area contributed by atoms with Gasteiger partial charge in [0, 0.05) is 11.6 Å². The van der Waals surface area contributed by atoms with Crippen molar-refractivity contribution in [2.75, 3.05) is 0 Å². The van der Waals surface area contributed by atoms with Crippen molar-refractivity contribution in [1.82, 2.24) is 19.6 Å². The number of carboxylic acid groups (broad SMARTS) is 1. The van der Waals surface area contributed by atoms with Gasteiger partial charge < -0.3 is 29.7 Å². The van der Waals surface area contributed by atoms with Crippen LogP contribution in [-0.2, 0) is 17.7 Å². The second kappa shape index (κ2) is 9.79. The van der Waals surface area contributed by atoms with Crippen LogP contribution < -0.4 is 0 Å². The van der Waals surface area contributed by atoms with Gasteiger partial charge in [0.1, 0.15) is 24.4 Å². The Bertz CT molecular complexity index is 1480. The molecule has 4 aromatic rings. The van der Waals surface area contributed by atoms with Gasteiger partial charge in [-0.05, 0) is 54.0 Å². The third kappa shape index (κ3) is 4.59. The Morgan fingerprint density at radius 3 is 2.47 bits per heavy atom. The molecule has 0 unspecified atom stereocenters. The summed E-state index contributed by atoms with van der Waals surface area (Å²) in [7, 11) is 0. The molecule has 1 saturated heterocycles. The van der Waals surface area contributed by atoms with E-state index in [9.17, 15) is 20.1 Å². The van der Waals surface area contributed by atoms with E-state index in [1.807, 2.05) is 12.3 Å². The number of carboxylic acids is 1. The number of nitrogens with zero attached hydrogens (tertiary/aromatic N) is 4. The molecule has 38 heavy (non-hydrogen) atoms. The number of aromatic carboxylic acids is 1. The summed E-state index contributed by atoms with van der Waals surface area (Å²) < 4.78 is 9.08. The lowest BCUT2D eigenvalue weighted by atomic mass is 9.97. The summed E-state index contributed by atoms with van der Waals surface area (Å²) >= 11 is 6.64. The molecule has 6 rings (SSSR count). The molecular formula is C27H27ClN4O6. The number of hydrogen-bond acceptors (Lipinski definition) is 7. The summed E-state index contributed by atoms with van der Waals surface area (Å²) in [6, 6.07) is 14.1. The second-order valence-corrected chi connectivity index (χ2v) is 10.5. The highest BCUT2D eigenvalue weighted by molar-refractivity contribution is 6.35. The monoisotopic (exact) mass is 538 g/mol. The van der Waals surface area contributed by atoms with Crippen molar-refractivity contribution in [2.45, 2.75) is 62.4 Å². The van der Waals surface area contributed by atoms with Crippen molar-refractivity contribution in [3.63, 3.8) is 0 Å². The van der Waals surface area contributed by atoms with Gasteiger partial charge in [-0.1, -0.05) is 47.1 Å². The number of hydrogen-bond donors (Lipinski definition) is 4. The molecule has 1 saturated carbocycles. The number of halogens is 1. The standard InChI is InChI=1S/C27H27ClN4O6/c28-18-2-1-3-20-22(18)17(10-14-4-6-15(7-5-14)16-8-9-16)11-32(20)26-25(35)24(34)23(33)21(38-26)13-31-12-19(27(36)37)29-30-31/h1-7,11-12,16,21,23-26,33-35H,8-10,13H2,(H,36,37)/t21-,23-,24+,25-,26-/m1/s1. The summed E-state index contributed by atoms with van der Waals surface area (Å²) in [5.74, 6) is -0.562. The van der Waals surface area contributed by atoms with E-state index in [0.717, 1.165) is 16.5 Å². The van der Waals surface area contributed by atoms with E-state index >= 15 is 0 Å². The van der Waals surface area contributed by atoms with Crippen LogP contribution in [0.2, 0.25) is 5.02 Å². The Morgan fingerprint density at radius 1 is 1.03 bits per heavy atom. The lowest BCUT2D eigenvalue weighted by molar-refractivity contribution is -0.247. The number of rotatable bonds is 7. The second-order valence-electron chi connectivity index (χ2n) is 10.1. The molecule has 1 aliphatic carbocycles. The molecule has 4 N–H and O–H groups in total. The third-order valence-electron chi connectivity index (χ3n) is 7.39. The van der Waals surface area contributed by atoms with Crippen molar-refractivity contribution < 1.29 is 30.0 Å². The van der Waals surface area contributed by atoms with Crippen LogP contribution in [0.4, 0.5) is 0 Å². The van der Waals surface area contributed by atoms with Crippen molar-refractivity contribution >= 4 is 28.5 Å². The van der Waals surface area contributed by atoms with Gasteiger partial charge in [-0.2, -0.15) is 0 Å². The van der Waals surface area contributed by atoms with Gasteiger partial charge >= 0.3 is 5.97 Å². The maximum atomic E-state index is 11.2. The fourth-order valence-corrected chi connectivity index (χ4v) is 5.51. The SMILES string of the molecule is O=C(O)c1cn(C[C@H]2O[C@@H](n3cc(Cc4ccc(C5CC5)cc4)c4c(Cl)cccc43)[C@H](O)[C@@H](O)[C@@H]2O)nn1. The molecule has 2 fully saturated rings. The first-order valence-electron chi connectivity index (χ1n) is 12.5. The van der Waals surface area contributed by atoms with E-state index in [2.05, 4.69) is 34.6 Å². The quantitative estimate of drug-likeness (QED) is 0.281. The molecule has 11 heteroatoms. The average molecular weight is 539 g/mol. The van der Waals surface area contributed by atoms with Gasteiger partial charge in [-0.3, -0.25) is 0 Å². The minimum atomic E-state index is -1.52. The highest BCUT2D eigenvalue weighted by atomic mass is 35.5. The van der Waals surface area contributed by atoms with E-state index in [1.165, 1.54) is 29.3 Å². The molecule has 198 valence electrons. The van der Waals surface area contributed by atoms with Gasteiger partial charge in [0.15, 0.2) is 11.9 Å². The van der Waals surface area contributed by atoms with Crippen molar-refractivity contribution in [2.24, 2.45) is 0 Å². The Morgan fingerprint density at radius 2 is 1.79 bits per heavy atom. The van der Waals surface area contributed by atoms with Gasteiger partial charge in [-0.15, -0.1) is 5.10 Å². The number of carbonyl (C=O) groups is 1. The number of benzene rings is 2. The number of aromatic nitrogens is 4. The number of aliphatic hydroxyl groups is 3. The van der Waals surface area contributed by atoms with Crippen LogP contribution in [0.5, 0.6) is 0 Å². The van der Waals surface area contributed by atoms with Crippen LogP contribution in [0.15, 0.2) is 54.9 Å². The maximum absolute atomic E-state index is 11.2. The first-order chi connectivity index (χ1) is 18.3. The predicted octanol–water partition coefficient (Wildman–Crippen LogP) is 2.73.